The fourth-order valence-electron chi connectivity index (χ4n) is 3.20. The molecule has 2 aliphatic heterocycles. The molecule has 0 spiro atoms. The van der Waals surface area contributed by atoms with E-state index < -0.39 is 5.60 Å². The number of nitrogens with zero attached hydrogens (tertiary/aromatic N) is 1. The van der Waals surface area contributed by atoms with Crippen molar-refractivity contribution in [3.05, 3.63) is 45.1 Å². The third-order valence-electron chi connectivity index (χ3n) is 4.23. The van der Waals surface area contributed by atoms with E-state index in [1.165, 1.54) is 0 Å². The molecule has 0 saturated carbocycles. The molecular formula is C15H19NO3. The van der Waals surface area contributed by atoms with Crippen LogP contribution in [0, 0.1) is 6.92 Å². The third-order valence-corrected chi connectivity index (χ3v) is 4.23. The smallest absolute Gasteiger partial charge is 0.257 e. The van der Waals surface area contributed by atoms with Crippen molar-refractivity contribution in [3.63, 3.8) is 0 Å². The van der Waals surface area contributed by atoms with Gasteiger partial charge in [0.25, 0.3) is 5.56 Å². The molecular weight excluding hydrogens is 242 g/mol. The predicted octanol–water partition coefficient (Wildman–Crippen LogP) is 2.23. The van der Waals surface area contributed by atoms with Gasteiger partial charge in [0.15, 0.2) is 5.60 Å². The van der Waals surface area contributed by atoms with Crippen LogP contribution in [0.3, 0.4) is 0 Å². The zero-order chi connectivity index (χ0) is 13.6. The number of aromatic nitrogens is 1. The average molecular weight is 261 g/mol. The van der Waals surface area contributed by atoms with Gasteiger partial charge < -0.3 is 14.0 Å². The number of fused-ring (bicyclic) bond motifs is 3. The van der Waals surface area contributed by atoms with Gasteiger partial charge in [0.1, 0.15) is 12.4 Å². The molecule has 0 amide bonds. The van der Waals surface area contributed by atoms with Gasteiger partial charge in [0.05, 0.1) is 12.2 Å². The molecule has 3 rings (SSSR count). The second-order valence-corrected chi connectivity index (χ2v) is 5.08. The summed E-state index contributed by atoms with van der Waals surface area (Å²) < 4.78 is 13.5. The second kappa shape index (κ2) is 4.23. The maximum Gasteiger partial charge on any atom is 0.257 e. The van der Waals surface area contributed by atoms with Crippen LogP contribution in [0.2, 0.25) is 0 Å². The summed E-state index contributed by atoms with van der Waals surface area (Å²) in [5.74, 6) is 0.871. The summed E-state index contributed by atoms with van der Waals surface area (Å²) in [5, 5.41) is 0. The molecule has 4 heteroatoms. The first-order chi connectivity index (χ1) is 9.14. The van der Waals surface area contributed by atoms with E-state index in [4.69, 9.17) is 9.47 Å². The van der Waals surface area contributed by atoms with E-state index >= 15 is 0 Å². The van der Waals surface area contributed by atoms with Crippen molar-refractivity contribution >= 4 is 0 Å². The number of hydrogen-bond donors (Lipinski definition) is 0. The van der Waals surface area contributed by atoms with Crippen molar-refractivity contribution in [2.75, 3.05) is 6.61 Å². The topological polar surface area (TPSA) is 40.5 Å². The molecule has 0 bridgehead atoms. The van der Waals surface area contributed by atoms with E-state index in [9.17, 15) is 4.79 Å². The number of hydrogen-bond acceptors (Lipinski definition) is 3. The molecule has 0 fully saturated rings. The zero-order valence-corrected chi connectivity index (χ0v) is 11.7. The van der Waals surface area contributed by atoms with Gasteiger partial charge in [-0.2, -0.15) is 0 Å². The molecule has 1 aromatic heterocycles. The zero-order valence-electron chi connectivity index (χ0n) is 11.7. The van der Waals surface area contributed by atoms with Crippen molar-refractivity contribution < 1.29 is 9.47 Å². The van der Waals surface area contributed by atoms with Gasteiger partial charge in [-0.15, -0.1) is 0 Å². The minimum atomic E-state index is -0.537. The Balaban J connectivity index is 2.29. The molecule has 0 saturated heterocycles. The molecule has 1 atom stereocenters. The lowest BCUT2D eigenvalue weighted by atomic mass is 9.84. The SMILES string of the molecule is CCn1c(C)cc2c(c1=O)COC1=CCO[C@]12CC. The summed E-state index contributed by atoms with van der Waals surface area (Å²) in [6, 6.07) is 2.09. The lowest BCUT2D eigenvalue weighted by molar-refractivity contribution is -0.0436. The highest BCUT2D eigenvalue weighted by atomic mass is 16.6. The van der Waals surface area contributed by atoms with Gasteiger partial charge >= 0.3 is 0 Å². The minimum absolute atomic E-state index is 0.0554. The first-order valence-electron chi connectivity index (χ1n) is 6.85. The maximum absolute atomic E-state index is 12.5. The fraction of sp³-hybridized carbons (Fsp3) is 0.533. The summed E-state index contributed by atoms with van der Waals surface area (Å²) in [7, 11) is 0. The van der Waals surface area contributed by atoms with Gasteiger partial charge in [-0.1, -0.05) is 6.92 Å². The molecule has 102 valence electrons. The minimum Gasteiger partial charge on any atom is -0.490 e. The van der Waals surface area contributed by atoms with Gasteiger partial charge in [0.2, 0.25) is 0 Å². The molecule has 2 aliphatic rings. The van der Waals surface area contributed by atoms with Crippen LogP contribution in [0.25, 0.3) is 0 Å². The second-order valence-electron chi connectivity index (χ2n) is 5.08. The normalized spacial score (nSPS) is 24.5. The summed E-state index contributed by atoms with van der Waals surface area (Å²) in [6.45, 7) is 7.61. The van der Waals surface area contributed by atoms with E-state index in [1.807, 2.05) is 19.9 Å². The van der Waals surface area contributed by atoms with E-state index in [1.54, 1.807) is 4.57 Å². The molecule has 0 radical (unpaired) electrons. The quantitative estimate of drug-likeness (QED) is 0.819. The number of pyridine rings is 1. The van der Waals surface area contributed by atoms with Crippen molar-refractivity contribution in [2.45, 2.75) is 45.9 Å². The lowest BCUT2D eigenvalue weighted by Gasteiger charge is -2.36. The Bertz CT molecular complexity index is 615. The molecule has 19 heavy (non-hydrogen) atoms. The van der Waals surface area contributed by atoms with E-state index in [0.717, 1.165) is 29.0 Å². The monoisotopic (exact) mass is 261 g/mol. The number of aryl methyl sites for hydroxylation is 1. The molecule has 3 heterocycles. The Kier molecular flexibility index (Phi) is 2.78. The van der Waals surface area contributed by atoms with Gasteiger partial charge in [0, 0.05) is 17.8 Å². The van der Waals surface area contributed by atoms with Gasteiger partial charge in [-0.25, -0.2) is 0 Å². The fourth-order valence-corrected chi connectivity index (χ4v) is 3.20. The van der Waals surface area contributed by atoms with Crippen LogP contribution in [-0.2, 0) is 28.2 Å². The Morgan fingerprint density at radius 2 is 2.21 bits per heavy atom. The van der Waals surface area contributed by atoms with Crippen molar-refractivity contribution in [2.24, 2.45) is 0 Å². The summed E-state index contributed by atoms with van der Waals surface area (Å²) in [4.78, 5) is 12.5. The van der Waals surface area contributed by atoms with Crippen LogP contribution < -0.4 is 5.56 Å². The predicted molar refractivity (Wildman–Crippen MR) is 71.9 cm³/mol. The molecule has 0 aliphatic carbocycles. The van der Waals surface area contributed by atoms with E-state index in [-0.39, 0.29) is 5.56 Å². The van der Waals surface area contributed by atoms with Gasteiger partial charge in [-0.05, 0) is 32.4 Å². The van der Waals surface area contributed by atoms with E-state index in [0.29, 0.717) is 19.8 Å². The van der Waals surface area contributed by atoms with Crippen molar-refractivity contribution in [1.82, 2.24) is 4.57 Å². The molecule has 4 nitrogen and oxygen atoms in total. The Morgan fingerprint density at radius 1 is 1.42 bits per heavy atom. The van der Waals surface area contributed by atoms with Crippen LogP contribution >= 0.6 is 0 Å². The Labute approximate surface area is 112 Å². The molecule has 0 unspecified atom stereocenters. The average Bonchev–Trinajstić information content (AvgIpc) is 2.83. The Morgan fingerprint density at radius 3 is 2.89 bits per heavy atom. The van der Waals surface area contributed by atoms with Crippen LogP contribution in [0.5, 0.6) is 0 Å². The number of ether oxygens (including phenoxy) is 2. The lowest BCUT2D eigenvalue weighted by Crippen LogP contribution is -2.39. The molecule has 1 aromatic rings. The maximum atomic E-state index is 12.5. The largest absolute Gasteiger partial charge is 0.490 e. The summed E-state index contributed by atoms with van der Waals surface area (Å²) >= 11 is 0. The standard InChI is InChI=1S/C15H19NO3/c1-4-15-12-8-10(3)16(5-2)14(17)11(12)9-18-13(15)6-7-19-15/h6,8H,4-5,7,9H2,1-3H3/t15-/m0/s1. The van der Waals surface area contributed by atoms with Gasteiger partial charge in [-0.3, -0.25) is 4.79 Å². The highest BCUT2D eigenvalue weighted by Gasteiger charge is 2.46. The molecule has 0 N–H and O–H groups in total. The van der Waals surface area contributed by atoms with Crippen LogP contribution in [0.1, 0.15) is 37.1 Å². The first kappa shape index (κ1) is 12.5. The number of rotatable bonds is 2. The van der Waals surface area contributed by atoms with Crippen LogP contribution in [-0.4, -0.2) is 11.2 Å². The first-order valence-corrected chi connectivity index (χ1v) is 6.85. The Hall–Kier alpha value is -1.55. The van der Waals surface area contributed by atoms with E-state index in [2.05, 4.69) is 13.0 Å². The van der Waals surface area contributed by atoms with Crippen LogP contribution in [0.4, 0.5) is 0 Å². The highest BCUT2D eigenvalue weighted by molar-refractivity contribution is 5.42. The van der Waals surface area contributed by atoms with Crippen molar-refractivity contribution in [3.8, 4) is 0 Å². The van der Waals surface area contributed by atoms with Crippen LogP contribution in [0.15, 0.2) is 22.7 Å². The third kappa shape index (κ3) is 1.53. The summed E-state index contributed by atoms with van der Waals surface area (Å²) in [6.07, 6.45) is 2.76. The molecule has 0 aromatic carbocycles. The highest BCUT2D eigenvalue weighted by Crippen LogP contribution is 2.45. The summed E-state index contributed by atoms with van der Waals surface area (Å²) in [5.41, 5.74) is 2.24. The van der Waals surface area contributed by atoms with Crippen molar-refractivity contribution in [1.29, 1.82) is 0 Å².